The molecule has 0 aromatic heterocycles. The Balaban J connectivity index is 1.89. The fraction of sp³-hybridized carbons (Fsp3) is 0.727. The summed E-state index contributed by atoms with van der Waals surface area (Å²) in [6.07, 6.45) is 0.0569. The van der Waals surface area contributed by atoms with Crippen molar-refractivity contribution in [2.24, 2.45) is 5.41 Å². The molecule has 104 valence electrons. The molecule has 3 unspecified atom stereocenters. The summed E-state index contributed by atoms with van der Waals surface area (Å²) in [7, 11) is 0. The molecule has 3 heterocycles. The van der Waals surface area contributed by atoms with Crippen molar-refractivity contribution in [3.8, 4) is 0 Å². The number of carboxylic acid groups (broad SMARTS) is 1. The number of hydrogen-bond acceptors (Lipinski definition) is 5. The van der Waals surface area contributed by atoms with Gasteiger partial charge in [-0.15, -0.1) is 0 Å². The third-order valence-electron chi connectivity index (χ3n) is 3.74. The summed E-state index contributed by atoms with van der Waals surface area (Å²) in [5, 5.41) is 14.1. The van der Waals surface area contributed by atoms with Crippen LogP contribution in [0.5, 0.6) is 0 Å². The van der Waals surface area contributed by atoms with E-state index in [2.05, 4.69) is 10.6 Å². The lowest BCUT2D eigenvalue weighted by atomic mass is 9.72. The van der Waals surface area contributed by atoms with Crippen molar-refractivity contribution >= 4 is 17.9 Å². The van der Waals surface area contributed by atoms with E-state index in [9.17, 15) is 19.5 Å². The highest BCUT2D eigenvalue weighted by Gasteiger charge is 2.57. The molecule has 8 nitrogen and oxygen atoms in total. The van der Waals surface area contributed by atoms with E-state index in [1.54, 1.807) is 0 Å². The fourth-order valence-electron chi connectivity index (χ4n) is 2.61. The van der Waals surface area contributed by atoms with Gasteiger partial charge in [0.1, 0.15) is 11.5 Å². The quantitative estimate of drug-likeness (QED) is 0.413. The topological polar surface area (TPSA) is 121 Å². The number of carboxylic acids is 1. The maximum absolute atomic E-state index is 11.8. The van der Waals surface area contributed by atoms with Crippen LogP contribution < -0.4 is 10.6 Å². The number of hydrogen-bond donors (Lipinski definition) is 3. The molecule has 0 saturated carbocycles. The van der Waals surface area contributed by atoms with Gasteiger partial charge < -0.3 is 19.9 Å². The van der Waals surface area contributed by atoms with Gasteiger partial charge in [0, 0.05) is 0 Å². The first-order chi connectivity index (χ1) is 9.01. The lowest BCUT2D eigenvalue weighted by molar-refractivity contribution is -0.155. The molecule has 3 aliphatic heterocycles. The average Bonchev–Trinajstić information content (AvgIpc) is 3.22. The SMILES string of the molecule is O=C1NC(=O)C(C(CC2CO2)(CC2CO2)C(=O)O)N1. The van der Waals surface area contributed by atoms with E-state index in [1.165, 1.54) is 0 Å². The summed E-state index contributed by atoms with van der Waals surface area (Å²) in [5.41, 5.74) is -1.38. The van der Waals surface area contributed by atoms with Crippen LogP contribution in [0.3, 0.4) is 0 Å². The number of urea groups is 1. The third-order valence-corrected chi connectivity index (χ3v) is 3.74. The summed E-state index contributed by atoms with van der Waals surface area (Å²) in [6.45, 7) is 0.978. The molecule has 19 heavy (non-hydrogen) atoms. The van der Waals surface area contributed by atoms with Gasteiger partial charge in [-0.2, -0.15) is 0 Å². The van der Waals surface area contributed by atoms with Crippen molar-refractivity contribution < 1.29 is 29.0 Å². The minimum absolute atomic E-state index is 0.167. The van der Waals surface area contributed by atoms with Gasteiger partial charge >= 0.3 is 12.0 Å². The normalized spacial score (nSPS) is 35.3. The van der Waals surface area contributed by atoms with Gasteiger partial charge in [-0.3, -0.25) is 14.9 Å². The van der Waals surface area contributed by atoms with E-state index < -0.39 is 29.4 Å². The van der Waals surface area contributed by atoms with Gasteiger partial charge in [-0.25, -0.2) is 4.79 Å². The molecule has 0 bridgehead atoms. The Labute approximate surface area is 108 Å². The van der Waals surface area contributed by atoms with Crippen molar-refractivity contribution in [2.45, 2.75) is 31.1 Å². The van der Waals surface area contributed by atoms with E-state index in [4.69, 9.17) is 9.47 Å². The second-order valence-corrected chi connectivity index (χ2v) is 5.18. The largest absolute Gasteiger partial charge is 0.481 e. The molecule has 3 fully saturated rings. The van der Waals surface area contributed by atoms with Gasteiger partial charge in [-0.1, -0.05) is 0 Å². The highest BCUT2D eigenvalue weighted by molar-refractivity contribution is 6.06. The summed E-state index contributed by atoms with van der Waals surface area (Å²) in [5.74, 6) is -1.71. The predicted molar refractivity (Wildman–Crippen MR) is 59.2 cm³/mol. The Hall–Kier alpha value is -1.67. The minimum atomic E-state index is -1.38. The Morgan fingerprint density at radius 3 is 2.11 bits per heavy atom. The molecule has 0 spiro atoms. The van der Waals surface area contributed by atoms with Crippen LogP contribution in [0.4, 0.5) is 4.79 Å². The van der Waals surface area contributed by atoms with Crippen LogP contribution in [0.15, 0.2) is 0 Å². The molecule has 3 aliphatic rings. The summed E-state index contributed by atoms with van der Waals surface area (Å²) >= 11 is 0. The zero-order valence-electron chi connectivity index (χ0n) is 10.0. The number of nitrogens with one attached hydrogen (secondary N) is 2. The molecular formula is C11H14N2O6. The molecule has 0 aliphatic carbocycles. The predicted octanol–water partition coefficient (Wildman–Crippen LogP) is -1.16. The third kappa shape index (κ3) is 2.28. The van der Waals surface area contributed by atoms with Crippen LogP contribution in [0.25, 0.3) is 0 Å². The second kappa shape index (κ2) is 4.17. The molecule has 0 aromatic carbocycles. The van der Waals surface area contributed by atoms with Gasteiger partial charge in [-0.05, 0) is 12.8 Å². The highest BCUT2D eigenvalue weighted by atomic mass is 16.6. The fourth-order valence-corrected chi connectivity index (χ4v) is 2.61. The molecule has 0 radical (unpaired) electrons. The molecular weight excluding hydrogens is 256 g/mol. The first kappa shape index (κ1) is 12.4. The summed E-state index contributed by atoms with van der Waals surface area (Å²) in [4.78, 5) is 34.8. The number of amides is 3. The number of ether oxygens (including phenoxy) is 2. The van der Waals surface area contributed by atoms with Crippen LogP contribution >= 0.6 is 0 Å². The smallest absolute Gasteiger partial charge is 0.322 e. The lowest BCUT2D eigenvalue weighted by Crippen LogP contribution is -2.53. The van der Waals surface area contributed by atoms with Crippen LogP contribution in [0, 0.1) is 5.41 Å². The number of carbonyl (C=O) groups excluding carboxylic acids is 2. The van der Waals surface area contributed by atoms with E-state index in [1.807, 2.05) is 0 Å². The van der Waals surface area contributed by atoms with Crippen molar-refractivity contribution in [1.29, 1.82) is 0 Å². The second-order valence-electron chi connectivity index (χ2n) is 5.18. The van der Waals surface area contributed by atoms with Crippen molar-refractivity contribution in [1.82, 2.24) is 10.6 Å². The van der Waals surface area contributed by atoms with Gasteiger partial charge in [0.15, 0.2) is 0 Å². The number of epoxide rings is 2. The zero-order valence-corrected chi connectivity index (χ0v) is 10.0. The van der Waals surface area contributed by atoms with E-state index >= 15 is 0 Å². The van der Waals surface area contributed by atoms with Gasteiger partial charge in [0.25, 0.3) is 5.91 Å². The monoisotopic (exact) mass is 270 g/mol. The highest BCUT2D eigenvalue weighted by Crippen LogP contribution is 2.41. The standard InChI is InChI=1S/C11H14N2O6/c14-8-7(12-10(17)13-8)11(9(15)16,1-5-3-18-5)2-6-4-19-6/h5-7H,1-4H2,(H,15,16)(H2,12,13,14,17). The summed E-state index contributed by atoms with van der Waals surface area (Å²) < 4.78 is 10.2. The zero-order chi connectivity index (χ0) is 13.6. The van der Waals surface area contributed by atoms with Crippen LogP contribution in [0.2, 0.25) is 0 Å². The number of rotatable bonds is 6. The summed E-state index contributed by atoms with van der Waals surface area (Å²) in [6, 6.07) is -1.74. The van der Waals surface area contributed by atoms with Crippen LogP contribution in [-0.4, -0.2) is 54.5 Å². The molecule has 3 rings (SSSR count). The van der Waals surface area contributed by atoms with Crippen molar-refractivity contribution in [3.05, 3.63) is 0 Å². The lowest BCUT2D eigenvalue weighted by Gasteiger charge is -2.32. The average molecular weight is 270 g/mol. The number of aliphatic carboxylic acids is 1. The van der Waals surface area contributed by atoms with E-state index in [0.717, 1.165) is 0 Å². The Morgan fingerprint density at radius 1 is 1.26 bits per heavy atom. The van der Waals surface area contributed by atoms with Crippen LogP contribution in [0.1, 0.15) is 12.8 Å². The molecule has 3 N–H and O–H groups in total. The van der Waals surface area contributed by atoms with Gasteiger partial charge in [0.05, 0.1) is 25.4 Å². The van der Waals surface area contributed by atoms with Crippen LogP contribution in [-0.2, 0) is 19.1 Å². The molecule has 3 saturated heterocycles. The molecule has 8 heteroatoms. The Morgan fingerprint density at radius 2 is 1.79 bits per heavy atom. The number of imide groups is 1. The molecule has 3 atom stereocenters. The Kier molecular flexibility index (Phi) is 2.72. The van der Waals surface area contributed by atoms with E-state index in [-0.39, 0.29) is 25.0 Å². The van der Waals surface area contributed by atoms with Crippen molar-refractivity contribution in [2.75, 3.05) is 13.2 Å². The molecule has 0 aromatic rings. The first-order valence-electron chi connectivity index (χ1n) is 6.09. The van der Waals surface area contributed by atoms with Gasteiger partial charge in [0.2, 0.25) is 0 Å². The van der Waals surface area contributed by atoms with Crippen molar-refractivity contribution in [3.63, 3.8) is 0 Å². The Bertz CT molecular complexity index is 428. The first-order valence-corrected chi connectivity index (χ1v) is 6.09. The maximum atomic E-state index is 11.8. The maximum Gasteiger partial charge on any atom is 0.322 e. The van der Waals surface area contributed by atoms with E-state index in [0.29, 0.717) is 13.2 Å². The molecule has 3 amide bonds. The minimum Gasteiger partial charge on any atom is -0.481 e. The number of carbonyl (C=O) groups is 3.